The number of benzene rings is 2. The van der Waals surface area contributed by atoms with Crippen LogP contribution in [0.2, 0.25) is 0 Å². The van der Waals surface area contributed by atoms with Gasteiger partial charge in [0.15, 0.2) is 0 Å². The Labute approximate surface area is 133 Å². The third-order valence-electron chi connectivity index (χ3n) is 3.08. The summed E-state index contributed by atoms with van der Waals surface area (Å²) in [6.45, 7) is 4.58. The maximum Gasteiger partial charge on any atom is 0.340 e. The van der Waals surface area contributed by atoms with E-state index in [9.17, 15) is 4.79 Å². The van der Waals surface area contributed by atoms with E-state index in [0.29, 0.717) is 22.4 Å². The van der Waals surface area contributed by atoms with E-state index in [1.165, 1.54) is 0 Å². The number of carbonyl (C=O) groups excluding carboxylic acids is 1. The van der Waals surface area contributed by atoms with Crippen molar-refractivity contribution in [2.75, 3.05) is 6.61 Å². The van der Waals surface area contributed by atoms with Crippen LogP contribution in [0.25, 0.3) is 0 Å². The highest BCUT2D eigenvalue weighted by Gasteiger charge is 2.18. The average molecular weight is 349 g/mol. The van der Waals surface area contributed by atoms with Gasteiger partial charge in [-0.25, -0.2) is 4.79 Å². The summed E-state index contributed by atoms with van der Waals surface area (Å²) in [5.41, 5.74) is 2.25. The van der Waals surface area contributed by atoms with Crippen LogP contribution in [0.4, 0.5) is 0 Å². The van der Waals surface area contributed by atoms with Crippen LogP contribution >= 0.6 is 15.9 Å². The Morgan fingerprint density at radius 2 is 1.86 bits per heavy atom. The zero-order valence-electron chi connectivity index (χ0n) is 12.1. The van der Waals surface area contributed by atoms with Gasteiger partial charge in [-0.3, -0.25) is 0 Å². The minimum Gasteiger partial charge on any atom is -0.494 e. The first-order chi connectivity index (χ1) is 10.1. The number of hydrogen-bond donors (Lipinski definition) is 0. The molecule has 0 fully saturated rings. The lowest BCUT2D eigenvalue weighted by Crippen LogP contribution is -2.09. The molecule has 2 aromatic rings. The van der Waals surface area contributed by atoms with Crippen LogP contribution in [-0.4, -0.2) is 12.6 Å². The summed E-state index contributed by atoms with van der Waals surface area (Å²) < 4.78 is 11.6. The Morgan fingerprint density at radius 1 is 1.14 bits per heavy atom. The van der Waals surface area contributed by atoms with Gasteiger partial charge >= 0.3 is 5.97 Å². The van der Waals surface area contributed by atoms with Crippen molar-refractivity contribution < 1.29 is 14.3 Å². The molecule has 110 valence electrons. The molecule has 0 aliphatic carbocycles. The first kappa shape index (κ1) is 15.6. The van der Waals surface area contributed by atoms with E-state index in [4.69, 9.17) is 9.47 Å². The predicted octanol–water partition coefficient (Wildman–Crippen LogP) is 4.51. The van der Waals surface area contributed by atoms with Gasteiger partial charge in [0.05, 0.1) is 12.2 Å². The molecule has 21 heavy (non-hydrogen) atoms. The number of halogens is 1. The van der Waals surface area contributed by atoms with Gasteiger partial charge < -0.3 is 9.47 Å². The molecule has 0 unspecified atom stereocenters. The van der Waals surface area contributed by atoms with Gasteiger partial charge in [0.25, 0.3) is 0 Å². The lowest BCUT2D eigenvalue weighted by molar-refractivity contribution is 0.0470. The summed E-state index contributed by atoms with van der Waals surface area (Å²) in [7, 11) is 0. The van der Waals surface area contributed by atoms with Crippen LogP contribution in [-0.2, 0) is 11.3 Å². The first-order valence-corrected chi connectivity index (χ1v) is 7.55. The van der Waals surface area contributed by atoms with Crippen LogP contribution in [0.1, 0.15) is 28.4 Å². The van der Waals surface area contributed by atoms with Crippen molar-refractivity contribution >= 4 is 21.9 Å². The van der Waals surface area contributed by atoms with Crippen molar-refractivity contribution in [3.8, 4) is 5.75 Å². The summed E-state index contributed by atoms with van der Waals surface area (Å²) in [4.78, 5) is 12.3. The van der Waals surface area contributed by atoms with Crippen molar-refractivity contribution in [2.45, 2.75) is 20.5 Å². The lowest BCUT2D eigenvalue weighted by Gasteiger charge is -2.13. The van der Waals surface area contributed by atoms with Crippen molar-refractivity contribution in [2.24, 2.45) is 0 Å². The fraction of sp³-hybridized carbons (Fsp3) is 0.235. The molecule has 0 heterocycles. The molecule has 0 saturated carbocycles. The second-order valence-corrected chi connectivity index (χ2v) is 5.39. The SMILES string of the molecule is CCOc1ccc(Br)c(C(=O)OCc2ccccc2)c1C. The van der Waals surface area contributed by atoms with Gasteiger partial charge in [-0.05, 0) is 47.5 Å². The molecule has 0 radical (unpaired) electrons. The quantitative estimate of drug-likeness (QED) is 0.745. The number of carbonyl (C=O) groups is 1. The number of ether oxygens (including phenoxy) is 2. The molecule has 0 aromatic heterocycles. The molecule has 0 bridgehead atoms. The van der Waals surface area contributed by atoms with Crippen molar-refractivity contribution in [1.29, 1.82) is 0 Å². The molecular weight excluding hydrogens is 332 g/mol. The van der Waals surface area contributed by atoms with E-state index in [1.54, 1.807) is 6.07 Å². The van der Waals surface area contributed by atoms with Gasteiger partial charge in [-0.15, -0.1) is 0 Å². The predicted molar refractivity (Wildman–Crippen MR) is 85.6 cm³/mol. The number of rotatable bonds is 5. The largest absolute Gasteiger partial charge is 0.494 e. The number of esters is 1. The van der Waals surface area contributed by atoms with Crippen LogP contribution in [0.3, 0.4) is 0 Å². The molecule has 0 aliphatic rings. The normalized spacial score (nSPS) is 10.2. The highest BCUT2D eigenvalue weighted by molar-refractivity contribution is 9.10. The standard InChI is InChI=1S/C17H17BrO3/c1-3-20-15-10-9-14(18)16(12(15)2)17(19)21-11-13-7-5-4-6-8-13/h4-10H,3,11H2,1-2H3. The fourth-order valence-electron chi connectivity index (χ4n) is 2.02. The molecule has 0 atom stereocenters. The monoisotopic (exact) mass is 348 g/mol. The van der Waals surface area contributed by atoms with Crippen molar-refractivity contribution in [1.82, 2.24) is 0 Å². The molecule has 2 rings (SSSR count). The smallest absolute Gasteiger partial charge is 0.340 e. The molecule has 0 saturated heterocycles. The summed E-state index contributed by atoms with van der Waals surface area (Å²) in [5.74, 6) is 0.345. The molecule has 4 heteroatoms. The molecular formula is C17H17BrO3. The molecule has 0 aliphatic heterocycles. The van der Waals surface area contributed by atoms with Crippen LogP contribution in [0, 0.1) is 6.92 Å². The van der Waals surface area contributed by atoms with Gasteiger partial charge in [0.1, 0.15) is 12.4 Å². The first-order valence-electron chi connectivity index (χ1n) is 6.76. The molecule has 3 nitrogen and oxygen atoms in total. The molecule has 0 spiro atoms. The van der Waals surface area contributed by atoms with Gasteiger partial charge in [-0.1, -0.05) is 30.3 Å². The van der Waals surface area contributed by atoms with Crippen LogP contribution in [0.15, 0.2) is 46.9 Å². The van der Waals surface area contributed by atoms with Gasteiger partial charge in [0.2, 0.25) is 0 Å². The highest BCUT2D eigenvalue weighted by atomic mass is 79.9. The summed E-state index contributed by atoms with van der Waals surface area (Å²) in [6, 6.07) is 13.3. The highest BCUT2D eigenvalue weighted by Crippen LogP contribution is 2.29. The Kier molecular flexibility index (Phi) is 5.39. The van der Waals surface area contributed by atoms with Gasteiger partial charge in [0, 0.05) is 10.0 Å². The van der Waals surface area contributed by atoms with Crippen LogP contribution in [0.5, 0.6) is 5.75 Å². The third-order valence-corrected chi connectivity index (χ3v) is 3.74. The second-order valence-electron chi connectivity index (χ2n) is 4.54. The maximum atomic E-state index is 12.3. The van der Waals surface area contributed by atoms with E-state index in [-0.39, 0.29) is 12.6 Å². The zero-order chi connectivity index (χ0) is 15.2. The average Bonchev–Trinajstić information content (AvgIpc) is 2.49. The second kappa shape index (κ2) is 7.27. The zero-order valence-corrected chi connectivity index (χ0v) is 13.6. The minimum atomic E-state index is -0.357. The number of hydrogen-bond acceptors (Lipinski definition) is 3. The Balaban J connectivity index is 2.17. The Bertz CT molecular complexity index is 623. The van der Waals surface area contributed by atoms with E-state index in [1.807, 2.05) is 50.2 Å². The van der Waals surface area contributed by atoms with Crippen LogP contribution < -0.4 is 4.74 Å². The molecule has 0 N–H and O–H groups in total. The Hall–Kier alpha value is -1.81. The van der Waals surface area contributed by atoms with Crippen molar-refractivity contribution in [3.63, 3.8) is 0 Å². The van der Waals surface area contributed by atoms with E-state index in [0.717, 1.165) is 11.1 Å². The van der Waals surface area contributed by atoms with E-state index >= 15 is 0 Å². The summed E-state index contributed by atoms with van der Waals surface area (Å²) in [5, 5.41) is 0. The summed E-state index contributed by atoms with van der Waals surface area (Å²) >= 11 is 3.40. The minimum absolute atomic E-state index is 0.254. The van der Waals surface area contributed by atoms with Gasteiger partial charge in [-0.2, -0.15) is 0 Å². The third kappa shape index (κ3) is 3.85. The summed E-state index contributed by atoms with van der Waals surface area (Å²) in [6.07, 6.45) is 0. The van der Waals surface area contributed by atoms with Crippen molar-refractivity contribution in [3.05, 3.63) is 63.6 Å². The topological polar surface area (TPSA) is 35.5 Å². The molecule has 0 amide bonds. The lowest BCUT2D eigenvalue weighted by atomic mass is 10.1. The fourth-order valence-corrected chi connectivity index (χ4v) is 2.61. The van der Waals surface area contributed by atoms with E-state index < -0.39 is 0 Å². The Morgan fingerprint density at radius 3 is 2.52 bits per heavy atom. The maximum absolute atomic E-state index is 12.3. The van der Waals surface area contributed by atoms with E-state index in [2.05, 4.69) is 15.9 Å². The molecule has 2 aromatic carbocycles.